The average molecular weight is 477 g/mol. The van der Waals surface area contributed by atoms with Gasteiger partial charge in [0.15, 0.2) is 16.8 Å². The largest absolute Gasteiger partial charge is 0.467 e. The number of carbonyl (C=O) groups is 1. The van der Waals surface area contributed by atoms with E-state index in [4.69, 9.17) is 4.42 Å². The molecule has 2 heterocycles. The minimum atomic E-state index is -0.513. The Bertz CT molecular complexity index is 1310. The highest BCUT2D eigenvalue weighted by Crippen LogP contribution is 2.29. The van der Waals surface area contributed by atoms with Crippen molar-refractivity contribution in [3.05, 3.63) is 93.9 Å². The van der Waals surface area contributed by atoms with Crippen molar-refractivity contribution in [2.24, 2.45) is 0 Å². The van der Waals surface area contributed by atoms with Crippen LogP contribution in [0.5, 0.6) is 0 Å². The summed E-state index contributed by atoms with van der Waals surface area (Å²) in [7, 11) is 0. The van der Waals surface area contributed by atoms with Crippen LogP contribution in [-0.4, -0.2) is 31.2 Å². The normalized spacial score (nSPS) is 11.5. The van der Waals surface area contributed by atoms with Gasteiger partial charge in [-0.05, 0) is 23.1 Å². The first kappa shape index (κ1) is 23.4. The van der Waals surface area contributed by atoms with Crippen molar-refractivity contribution >= 4 is 23.2 Å². The Labute approximate surface area is 201 Å². The molecule has 2 aromatic carbocycles. The number of nitro groups is 1. The fraction of sp³-hybridized carbons (Fsp3) is 0.240. The van der Waals surface area contributed by atoms with Crippen molar-refractivity contribution in [1.29, 1.82) is 0 Å². The number of non-ortho nitro benzene ring substituents is 1. The summed E-state index contributed by atoms with van der Waals surface area (Å²) in [6.45, 7) is 6.89. The van der Waals surface area contributed by atoms with Crippen molar-refractivity contribution in [3.63, 3.8) is 0 Å². The zero-order valence-electron chi connectivity index (χ0n) is 19.1. The first-order chi connectivity index (χ1) is 16.2. The predicted molar refractivity (Wildman–Crippen MR) is 130 cm³/mol. The van der Waals surface area contributed by atoms with E-state index in [-0.39, 0.29) is 28.2 Å². The van der Waals surface area contributed by atoms with Crippen LogP contribution in [0.4, 0.5) is 5.69 Å². The average Bonchev–Trinajstić information content (AvgIpc) is 3.47. The number of hydrogen-bond acceptors (Lipinski definition) is 7. The lowest BCUT2D eigenvalue weighted by Crippen LogP contribution is -2.10. The zero-order chi connectivity index (χ0) is 24.3. The lowest BCUT2D eigenvalue weighted by molar-refractivity contribution is -0.384. The first-order valence-electron chi connectivity index (χ1n) is 10.7. The van der Waals surface area contributed by atoms with E-state index in [1.807, 2.05) is 28.8 Å². The van der Waals surface area contributed by atoms with Crippen molar-refractivity contribution in [2.45, 2.75) is 37.9 Å². The Hall–Kier alpha value is -3.72. The van der Waals surface area contributed by atoms with Crippen molar-refractivity contribution in [3.8, 4) is 11.4 Å². The van der Waals surface area contributed by atoms with Crippen molar-refractivity contribution < 1.29 is 14.1 Å². The van der Waals surface area contributed by atoms with Crippen LogP contribution in [0.25, 0.3) is 11.4 Å². The molecule has 0 aliphatic heterocycles. The van der Waals surface area contributed by atoms with Gasteiger partial charge in [-0.15, -0.1) is 10.2 Å². The topological polar surface area (TPSA) is 104 Å². The van der Waals surface area contributed by atoms with Gasteiger partial charge in [0.05, 0.1) is 23.5 Å². The van der Waals surface area contributed by atoms with Gasteiger partial charge < -0.3 is 4.42 Å². The summed E-state index contributed by atoms with van der Waals surface area (Å²) >= 11 is 1.24. The highest BCUT2D eigenvalue weighted by atomic mass is 32.2. The molecule has 2 aromatic heterocycles. The lowest BCUT2D eigenvalue weighted by atomic mass is 9.87. The van der Waals surface area contributed by atoms with E-state index in [9.17, 15) is 14.9 Å². The third-order valence-corrected chi connectivity index (χ3v) is 6.30. The Kier molecular flexibility index (Phi) is 6.65. The molecule has 34 heavy (non-hydrogen) atoms. The maximum Gasteiger partial charge on any atom is 0.270 e. The smallest absolute Gasteiger partial charge is 0.270 e. The quantitative estimate of drug-likeness (QED) is 0.138. The third-order valence-electron chi connectivity index (χ3n) is 5.33. The summed E-state index contributed by atoms with van der Waals surface area (Å²) in [4.78, 5) is 23.2. The maximum atomic E-state index is 12.7. The molecule has 0 fully saturated rings. The molecule has 8 nitrogen and oxygen atoms in total. The van der Waals surface area contributed by atoms with Crippen LogP contribution < -0.4 is 0 Å². The zero-order valence-corrected chi connectivity index (χ0v) is 19.9. The van der Waals surface area contributed by atoms with E-state index >= 15 is 0 Å². The number of aromatic nitrogens is 3. The number of furan rings is 1. The van der Waals surface area contributed by atoms with Crippen LogP contribution in [-0.2, 0) is 12.0 Å². The van der Waals surface area contributed by atoms with Gasteiger partial charge in [-0.1, -0.05) is 68.9 Å². The highest BCUT2D eigenvalue weighted by molar-refractivity contribution is 7.99. The van der Waals surface area contributed by atoms with E-state index in [2.05, 4.69) is 43.1 Å². The summed E-state index contributed by atoms with van der Waals surface area (Å²) in [5, 5.41) is 20.3. The van der Waals surface area contributed by atoms with Crippen molar-refractivity contribution in [2.75, 3.05) is 5.75 Å². The second kappa shape index (κ2) is 9.64. The van der Waals surface area contributed by atoms with E-state index in [1.54, 1.807) is 12.3 Å². The molecular formula is C25H24N4O4S. The Morgan fingerprint density at radius 2 is 1.85 bits per heavy atom. The number of rotatable bonds is 8. The van der Waals surface area contributed by atoms with E-state index in [0.29, 0.717) is 17.5 Å². The molecule has 0 amide bonds. The predicted octanol–water partition coefficient (Wildman–Crippen LogP) is 5.77. The fourth-order valence-corrected chi connectivity index (χ4v) is 4.27. The summed E-state index contributed by atoms with van der Waals surface area (Å²) in [6.07, 6.45) is 1.61. The summed E-state index contributed by atoms with van der Waals surface area (Å²) < 4.78 is 7.44. The number of ketones is 1. The Morgan fingerprint density at radius 1 is 1.09 bits per heavy atom. The number of hydrogen-bond donors (Lipinski definition) is 0. The van der Waals surface area contributed by atoms with E-state index in [0.717, 1.165) is 11.3 Å². The molecule has 0 aliphatic carbocycles. The molecule has 0 saturated heterocycles. The van der Waals surface area contributed by atoms with Crippen molar-refractivity contribution in [1.82, 2.24) is 14.8 Å². The number of carbonyl (C=O) groups excluding carboxylic acids is 1. The monoisotopic (exact) mass is 476 g/mol. The fourth-order valence-electron chi connectivity index (χ4n) is 3.44. The summed E-state index contributed by atoms with van der Waals surface area (Å²) in [6, 6.07) is 17.6. The van der Waals surface area contributed by atoms with Crippen LogP contribution in [0.15, 0.2) is 76.5 Å². The molecule has 0 N–H and O–H groups in total. The minimum Gasteiger partial charge on any atom is -0.467 e. The maximum absolute atomic E-state index is 12.7. The molecule has 0 aliphatic rings. The van der Waals surface area contributed by atoms with E-state index < -0.39 is 4.92 Å². The molecular weight excluding hydrogens is 452 g/mol. The van der Waals surface area contributed by atoms with E-state index in [1.165, 1.54) is 35.5 Å². The van der Waals surface area contributed by atoms with Gasteiger partial charge in [-0.2, -0.15) is 0 Å². The number of Topliss-reactive ketones (excluding diaryl/α,β-unsaturated/α-hetero) is 1. The Morgan fingerprint density at radius 3 is 2.50 bits per heavy atom. The minimum absolute atomic E-state index is 0.0360. The van der Waals surface area contributed by atoms with Crippen LogP contribution in [0, 0.1) is 10.1 Å². The molecule has 0 unspecified atom stereocenters. The van der Waals surface area contributed by atoms with Gasteiger partial charge in [0.2, 0.25) is 0 Å². The second-order valence-corrected chi connectivity index (χ2v) is 9.76. The first-order valence-corrected chi connectivity index (χ1v) is 11.7. The van der Waals surface area contributed by atoms with Gasteiger partial charge in [0.1, 0.15) is 5.76 Å². The molecule has 9 heteroatoms. The van der Waals surface area contributed by atoms with Crippen LogP contribution >= 0.6 is 11.8 Å². The third kappa shape index (κ3) is 5.26. The molecule has 0 atom stereocenters. The molecule has 174 valence electrons. The molecule has 0 bridgehead atoms. The van der Waals surface area contributed by atoms with Gasteiger partial charge in [0.25, 0.3) is 5.69 Å². The molecule has 4 rings (SSSR count). The Balaban J connectivity index is 1.60. The standard InChI is InChI=1S/C25H24N4O4S/c1-25(2,3)19-11-9-17(10-12-19)23-26-27-24(28(23)15-21-8-5-13-33-21)34-16-22(30)18-6-4-7-20(14-18)29(31)32/h4-14H,15-16H2,1-3H3. The number of thioether (sulfide) groups is 1. The summed E-state index contributed by atoms with van der Waals surface area (Å²) in [5.41, 5.74) is 2.33. The summed E-state index contributed by atoms with van der Waals surface area (Å²) in [5.74, 6) is 1.25. The molecule has 0 saturated carbocycles. The molecule has 0 radical (unpaired) electrons. The van der Waals surface area contributed by atoms with Crippen LogP contribution in [0.1, 0.15) is 42.5 Å². The highest BCUT2D eigenvalue weighted by Gasteiger charge is 2.19. The molecule has 4 aromatic rings. The van der Waals surface area contributed by atoms with Crippen LogP contribution in [0.3, 0.4) is 0 Å². The SMILES string of the molecule is CC(C)(C)c1ccc(-c2nnc(SCC(=O)c3cccc([N+](=O)[O-])c3)n2Cc2ccco2)cc1. The number of nitro benzene ring substituents is 1. The number of nitrogens with zero attached hydrogens (tertiary/aromatic N) is 4. The van der Waals surface area contributed by atoms with Gasteiger partial charge in [-0.3, -0.25) is 19.5 Å². The lowest BCUT2D eigenvalue weighted by Gasteiger charge is -2.19. The number of benzene rings is 2. The second-order valence-electron chi connectivity index (χ2n) is 8.82. The van der Waals surface area contributed by atoms with Gasteiger partial charge in [0, 0.05) is 23.3 Å². The van der Waals surface area contributed by atoms with Gasteiger partial charge >= 0.3 is 0 Å². The van der Waals surface area contributed by atoms with Crippen LogP contribution in [0.2, 0.25) is 0 Å². The molecule has 0 spiro atoms. The van der Waals surface area contributed by atoms with Gasteiger partial charge in [-0.25, -0.2) is 0 Å².